The van der Waals surface area contributed by atoms with Gasteiger partial charge in [-0.2, -0.15) is 0 Å². The lowest BCUT2D eigenvalue weighted by molar-refractivity contribution is 0.305. The first kappa shape index (κ1) is 19.4. The average molecular weight is 391 g/mol. The van der Waals surface area contributed by atoms with E-state index in [1.165, 1.54) is 0 Å². The maximum absolute atomic E-state index is 12.8. The van der Waals surface area contributed by atoms with Crippen molar-refractivity contribution in [2.24, 2.45) is 7.05 Å². The largest absolute Gasteiger partial charge is 0.491 e. The van der Waals surface area contributed by atoms with Crippen LogP contribution in [0.4, 0.5) is 0 Å². The molecule has 0 bridgehead atoms. The van der Waals surface area contributed by atoms with Crippen LogP contribution in [0.3, 0.4) is 0 Å². The number of halogens is 3. The highest BCUT2D eigenvalue weighted by Crippen LogP contribution is 2.39. The lowest BCUT2D eigenvalue weighted by atomic mass is 10.1. The highest BCUT2D eigenvalue weighted by molar-refractivity contribution is 6.42. The number of benzene rings is 1. The lowest BCUT2D eigenvalue weighted by Gasteiger charge is -2.21. The van der Waals surface area contributed by atoms with Gasteiger partial charge in [-0.15, -0.1) is 11.6 Å². The van der Waals surface area contributed by atoms with Crippen molar-refractivity contribution in [1.82, 2.24) is 4.57 Å². The van der Waals surface area contributed by atoms with Crippen molar-refractivity contribution >= 4 is 45.6 Å². The van der Waals surface area contributed by atoms with Gasteiger partial charge in [-0.05, 0) is 25.0 Å². The predicted octanol–water partition coefficient (Wildman–Crippen LogP) is 6.10. The van der Waals surface area contributed by atoms with Crippen LogP contribution < -0.4 is 10.3 Å². The molecule has 0 amide bonds. The SMILES string of the molecule is CCCCOc1c(C(Cl)CCC)n(C)c(=O)c2cc(Cl)c(Cl)cc12. The van der Waals surface area contributed by atoms with E-state index in [1.807, 2.05) is 0 Å². The van der Waals surface area contributed by atoms with Crippen LogP contribution in [-0.2, 0) is 7.05 Å². The first-order chi connectivity index (χ1) is 11.4. The molecule has 0 N–H and O–H groups in total. The van der Waals surface area contributed by atoms with E-state index >= 15 is 0 Å². The van der Waals surface area contributed by atoms with E-state index in [1.54, 1.807) is 23.7 Å². The molecule has 24 heavy (non-hydrogen) atoms. The molecule has 1 aromatic heterocycles. The zero-order valence-corrected chi connectivity index (χ0v) is 16.4. The molecule has 0 aliphatic carbocycles. The lowest BCUT2D eigenvalue weighted by Crippen LogP contribution is -2.23. The van der Waals surface area contributed by atoms with Crippen molar-refractivity contribution in [2.45, 2.75) is 44.9 Å². The Morgan fingerprint density at radius 3 is 2.33 bits per heavy atom. The molecular weight excluding hydrogens is 369 g/mol. The maximum atomic E-state index is 12.8. The zero-order chi connectivity index (χ0) is 17.9. The van der Waals surface area contributed by atoms with Gasteiger partial charge in [0.15, 0.2) is 0 Å². The fourth-order valence-corrected chi connectivity index (χ4v) is 3.50. The fourth-order valence-electron chi connectivity index (χ4n) is 2.70. The van der Waals surface area contributed by atoms with Gasteiger partial charge in [-0.3, -0.25) is 4.79 Å². The Hall–Kier alpha value is -0.900. The van der Waals surface area contributed by atoms with Crippen molar-refractivity contribution in [3.63, 3.8) is 0 Å². The topological polar surface area (TPSA) is 31.2 Å². The number of alkyl halides is 1. The third-order valence-electron chi connectivity index (χ3n) is 4.02. The first-order valence-electron chi connectivity index (χ1n) is 8.20. The van der Waals surface area contributed by atoms with E-state index in [4.69, 9.17) is 39.5 Å². The van der Waals surface area contributed by atoms with Gasteiger partial charge in [-0.1, -0.05) is 49.9 Å². The van der Waals surface area contributed by atoms with Crippen LogP contribution in [0.15, 0.2) is 16.9 Å². The number of hydrogen-bond donors (Lipinski definition) is 0. The third kappa shape index (κ3) is 3.84. The molecule has 6 heteroatoms. The monoisotopic (exact) mass is 389 g/mol. The number of fused-ring (bicyclic) bond motifs is 1. The molecule has 2 rings (SSSR count). The Labute approximate surface area is 157 Å². The molecule has 0 aliphatic rings. The van der Waals surface area contributed by atoms with E-state index in [0.29, 0.717) is 38.9 Å². The minimum Gasteiger partial charge on any atom is -0.491 e. The van der Waals surface area contributed by atoms with E-state index < -0.39 is 0 Å². The zero-order valence-electron chi connectivity index (χ0n) is 14.2. The molecule has 2 aromatic rings. The van der Waals surface area contributed by atoms with Gasteiger partial charge in [-0.25, -0.2) is 0 Å². The molecule has 1 unspecified atom stereocenters. The van der Waals surface area contributed by atoms with Crippen molar-refractivity contribution < 1.29 is 4.74 Å². The normalized spacial score (nSPS) is 12.6. The summed E-state index contributed by atoms with van der Waals surface area (Å²) in [6.07, 6.45) is 3.61. The summed E-state index contributed by atoms with van der Waals surface area (Å²) in [5.74, 6) is 0.632. The van der Waals surface area contributed by atoms with Crippen molar-refractivity contribution in [3.05, 3.63) is 38.2 Å². The van der Waals surface area contributed by atoms with Gasteiger partial charge in [0.25, 0.3) is 5.56 Å². The van der Waals surface area contributed by atoms with Crippen LogP contribution in [0.1, 0.15) is 50.6 Å². The Balaban J connectivity index is 2.76. The number of aromatic nitrogens is 1. The van der Waals surface area contributed by atoms with Crippen LogP contribution in [0.2, 0.25) is 10.0 Å². The van der Waals surface area contributed by atoms with Crippen LogP contribution in [0.5, 0.6) is 5.75 Å². The summed E-state index contributed by atoms with van der Waals surface area (Å²) in [5.41, 5.74) is 0.550. The van der Waals surface area contributed by atoms with Crippen molar-refractivity contribution in [2.75, 3.05) is 6.61 Å². The van der Waals surface area contributed by atoms with E-state index in [0.717, 1.165) is 25.7 Å². The first-order valence-corrected chi connectivity index (χ1v) is 9.40. The Kier molecular flexibility index (Phi) is 6.85. The molecule has 0 aliphatic heterocycles. The summed E-state index contributed by atoms with van der Waals surface area (Å²) in [4.78, 5) is 12.8. The number of unbranched alkanes of at least 4 members (excludes halogenated alkanes) is 1. The standard InChI is InChI=1S/C18H22Cl3NO2/c1-4-6-8-24-17-11-9-14(20)15(21)10-12(11)18(23)22(3)16(17)13(19)7-5-2/h9-10,13H,4-8H2,1-3H3. The highest BCUT2D eigenvalue weighted by Gasteiger charge is 2.22. The van der Waals surface area contributed by atoms with Crippen LogP contribution in [0.25, 0.3) is 10.8 Å². The second-order valence-electron chi connectivity index (χ2n) is 5.85. The molecule has 132 valence electrons. The third-order valence-corrected chi connectivity index (χ3v) is 5.16. The molecule has 0 fully saturated rings. The number of hydrogen-bond acceptors (Lipinski definition) is 2. The minimum absolute atomic E-state index is 0.150. The van der Waals surface area contributed by atoms with Gasteiger partial charge >= 0.3 is 0 Å². The molecule has 0 spiro atoms. The highest BCUT2D eigenvalue weighted by atomic mass is 35.5. The predicted molar refractivity (Wildman–Crippen MR) is 103 cm³/mol. The molecule has 1 atom stereocenters. The fraction of sp³-hybridized carbons (Fsp3) is 0.500. The summed E-state index contributed by atoms with van der Waals surface area (Å²) >= 11 is 18.8. The van der Waals surface area contributed by atoms with Crippen molar-refractivity contribution in [1.29, 1.82) is 0 Å². The minimum atomic E-state index is -0.303. The summed E-state index contributed by atoms with van der Waals surface area (Å²) in [6.45, 7) is 4.72. The molecule has 0 saturated carbocycles. The number of rotatable bonds is 7. The molecular formula is C18H22Cl3NO2. The molecule has 1 aromatic carbocycles. The number of nitrogens with zero attached hydrogens (tertiary/aromatic N) is 1. The summed E-state index contributed by atoms with van der Waals surface area (Å²) < 4.78 is 7.61. The van der Waals surface area contributed by atoms with Gasteiger partial charge in [0.2, 0.25) is 0 Å². The Morgan fingerprint density at radius 2 is 1.75 bits per heavy atom. The summed E-state index contributed by atoms with van der Waals surface area (Å²) in [5, 5.41) is 1.60. The molecule has 1 heterocycles. The summed E-state index contributed by atoms with van der Waals surface area (Å²) in [6, 6.07) is 3.29. The Morgan fingerprint density at radius 1 is 1.12 bits per heavy atom. The second-order valence-corrected chi connectivity index (χ2v) is 7.19. The van der Waals surface area contributed by atoms with Gasteiger partial charge in [0.05, 0.1) is 33.1 Å². The molecule has 0 saturated heterocycles. The van der Waals surface area contributed by atoms with Crippen LogP contribution in [-0.4, -0.2) is 11.2 Å². The van der Waals surface area contributed by atoms with Crippen LogP contribution >= 0.6 is 34.8 Å². The number of pyridine rings is 1. The maximum Gasteiger partial charge on any atom is 0.258 e. The van der Waals surface area contributed by atoms with Crippen LogP contribution in [0, 0.1) is 0 Å². The molecule has 3 nitrogen and oxygen atoms in total. The quantitative estimate of drug-likeness (QED) is 0.422. The van der Waals surface area contributed by atoms with E-state index in [2.05, 4.69) is 13.8 Å². The number of ether oxygens (including phenoxy) is 1. The Bertz CT molecular complexity index is 786. The van der Waals surface area contributed by atoms with Crippen molar-refractivity contribution in [3.8, 4) is 5.75 Å². The van der Waals surface area contributed by atoms with E-state index in [9.17, 15) is 4.79 Å². The van der Waals surface area contributed by atoms with Gasteiger partial charge in [0, 0.05) is 12.4 Å². The van der Waals surface area contributed by atoms with E-state index in [-0.39, 0.29) is 10.9 Å². The summed E-state index contributed by atoms with van der Waals surface area (Å²) in [7, 11) is 1.72. The van der Waals surface area contributed by atoms with Gasteiger partial charge in [0.1, 0.15) is 5.75 Å². The molecule has 0 radical (unpaired) electrons. The average Bonchev–Trinajstić information content (AvgIpc) is 2.54. The van der Waals surface area contributed by atoms with Gasteiger partial charge < -0.3 is 9.30 Å². The smallest absolute Gasteiger partial charge is 0.258 e. The second kappa shape index (κ2) is 8.46.